The Morgan fingerprint density at radius 1 is 1.21 bits per heavy atom. The van der Waals surface area contributed by atoms with Crippen LogP contribution in [-0.2, 0) is 21.2 Å². The number of carbonyl (C=O) groups excluding carboxylic acids is 1. The van der Waals surface area contributed by atoms with Crippen molar-refractivity contribution < 1.29 is 17.6 Å². The smallest absolute Gasteiger partial charge is 0.241 e. The first kappa shape index (κ1) is 18.7. The number of halogens is 1. The van der Waals surface area contributed by atoms with Gasteiger partial charge in [-0.05, 0) is 58.0 Å². The monoisotopic (exact) mass is 413 g/mol. The molecule has 5 nitrogen and oxygen atoms in total. The standard InChI is InChI=1S/C17H20BrNO4S/c1-11-9-13(12(2)23-11)10-19-16(20)17(3,4)24(21,22)15-7-5-14(18)6-8-15/h5-9H,10H2,1-4H3,(H,19,20). The van der Waals surface area contributed by atoms with Gasteiger partial charge in [0.05, 0.1) is 4.90 Å². The van der Waals surface area contributed by atoms with E-state index in [1.807, 2.05) is 13.0 Å². The van der Waals surface area contributed by atoms with E-state index < -0.39 is 20.5 Å². The molecule has 0 aliphatic rings. The Morgan fingerprint density at radius 2 is 1.79 bits per heavy atom. The molecule has 0 bridgehead atoms. The van der Waals surface area contributed by atoms with Crippen molar-refractivity contribution in [2.45, 2.75) is 43.9 Å². The number of nitrogens with one attached hydrogen (secondary N) is 1. The molecule has 0 atom stereocenters. The van der Waals surface area contributed by atoms with Crippen LogP contribution in [0.3, 0.4) is 0 Å². The Bertz CT molecular complexity index is 851. The van der Waals surface area contributed by atoms with E-state index in [1.165, 1.54) is 26.0 Å². The van der Waals surface area contributed by atoms with Crippen LogP contribution in [0.15, 0.2) is 44.1 Å². The van der Waals surface area contributed by atoms with E-state index in [0.717, 1.165) is 15.8 Å². The Kier molecular flexibility index (Phi) is 5.25. The van der Waals surface area contributed by atoms with Crippen LogP contribution in [0.2, 0.25) is 0 Å². The third-order valence-corrected chi connectivity index (χ3v) is 6.88. The topological polar surface area (TPSA) is 76.4 Å². The van der Waals surface area contributed by atoms with Crippen molar-refractivity contribution in [1.29, 1.82) is 0 Å². The van der Waals surface area contributed by atoms with E-state index in [-0.39, 0.29) is 11.4 Å². The summed E-state index contributed by atoms with van der Waals surface area (Å²) >= 11 is 3.27. The van der Waals surface area contributed by atoms with E-state index in [9.17, 15) is 13.2 Å². The summed E-state index contributed by atoms with van der Waals surface area (Å²) in [4.78, 5) is 12.6. The maximum Gasteiger partial charge on any atom is 0.241 e. The minimum Gasteiger partial charge on any atom is -0.466 e. The number of furan rings is 1. The molecule has 0 unspecified atom stereocenters. The number of rotatable bonds is 5. The summed E-state index contributed by atoms with van der Waals surface area (Å²) in [6, 6.07) is 8.07. The summed E-state index contributed by atoms with van der Waals surface area (Å²) in [5.41, 5.74) is 0.831. The van der Waals surface area contributed by atoms with Gasteiger partial charge in [-0.15, -0.1) is 0 Å². The van der Waals surface area contributed by atoms with Gasteiger partial charge in [-0.3, -0.25) is 4.79 Å². The molecule has 1 amide bonds. The van der Waals surface area contributed by atoms with E-state index in [2.05, 4.69) is 21.2 Å². The lowest BCUT2D eigenvalue weighted by Crippen LogP contribution is -2.47. The van der Waals surface area contributed by atoms with E-state index >= 15 is 0 Å². The zero-order valence-corrected chi connectivity index (χ0v) is 16.4. The number of aryl methyl sites for hydroxylation is 2. The molecular formula is C17H20BrNO4S. The van der Waals surface area contributed by atoms with Crippen LogP contribution in [0.25, 0.3) is 0 Å². The predicted octanol–water partition coefficient (Wildman–Crippen LogP) is 3.53. The fourth-order valence-electron chi connectivity index (χ4n) is 2.28. The molecule has 1 N–H and O–H groups in total. The number of hydrogen-bond donors (Lipinski definition) is 1. The van der Waals surface area contributed by atoms with Gasteiger partial charge in [0.25, 0.3) is 0 Å². The van der Waals surface area contributed by atoms with Gasteiger partial charge < -0.3 is 9.73 Å². The highest BCUT2D eigenvalue weighted by molar-refractivity contribution is 9.10. The SMILES string of the molecule is Cc1cc(CNC(=O)C(C)(C)S(=O)(=O)c2ccc(Br)cc2)c(C)o1. The second kappa shape index (κ2) is 6.72. The van der Waals surface area contributed by atoms with Gasteiger partial charge in [0.2, 0.25) is 5.91 Å². The van der Waals surface area contributed by atoms with Gasteiger partial charge >= 0.3 is 0 Å². The minimum atomic E-state index is -3.82. The molecule has 0 spiro atoms. The molecule has 0 saturated carbocycles. The molecule has 130 valence electrons. The van der Waals surface area contributed by atoms with Crippen LogP contribution in [0.5, 0.6) is 0 Å². The van der Waals surface area contributed by atoms with E-state index in [0.29, 0.717) is 5.76 Å². The number of sulfone groups is 1. The number of benzene rings is 1. The summed E-state index contributed by atoms with van der Waals surface area (Å²) < 4.78 is 30.2. The van der Waals surface area contributed by atoms with Gasteiger partial charge in [-0.1, -0.05) is 15.9 Å². The third-order valence-electron chi connectivity index (χ3n) is 3.93. The molecule has 7 heteroatoms. The molecule has 24 heavy (non-hydrogen) atoms. The van der Waals surface area contributed by atoms with Crippen molar-refractivity contribution in [3.63, 3.8) is 0 Å². The van der Waals surface area contributed by atoms with Crippen molar-refractivity contribution in [2.75, 3.05) is 0 Å². The Balaban J connectivity index is 2.20. The van der Waals surface area contributed by atoms with Crippen LogP contribution in [0.4, 0.5) is 0 Å². The average Bonchev–Trinajstić information content (AvgIpc) is 2.82. The zero-order chi connectivity index (χ0) is 18.1. The summed E-state index contributed by atoms with van der Waals surface area (Å²) in [7, 11) is -3.82. The third kappa shape index (κ3) is 3.57. The van der Waals surface area contributed by atoms with Crippen LogP contribution in [0.1, 0.15) is 30.9 Å². The molecule has 0 radical (unpaired) electrons. The van der Waals surface area contributed by atoms with Crippen molar-refractivity contribution >= 4 is 31.7 Å². The molecule has 0 fully saturated rings. The number of hydrogen-bond acceptors (Lipinski definition) is 4. The molecule has 1 heterocycles. The largest absolute Gasteiger partial charge is 0.466 e. The minimum absolute atomic E-state index is 0.112. The summed E-state index contributed by atoms with van der Waals surface area (Å²) in [6.45, 7) is 6.67. The molecule has 1 aromatic carbocycles. The Morgan fingerprint density at radius 3 is 2.29 bits per heavy atom. The highest BCUT2D eigenvalue weighted by Gasteiger charge is 2.42. The average molecular weight is 414 g/mol. The molecule has 1 aromatic heterocycles. The molecule has 0 saturated heterocycles. The molecule has 2 aromatic rings. The van der Waals surface area contributed by atoms with E-state index in [1.54, 1.807) is 19.1 Å². The van der Waals surface area contributed by atoms with Crippen LogP contribution < -0.4 is 5.32 Å². The predicted molar refractivity (Wildman–Crippen MR) is 95.4 cm³/mol. The van der Waals surface area contributed by atoms with Gasteiger partial charge in [0.15, 0.2) is 9.84 Å². The van der Waals surface area contributed by atoms with Crippen LogP contribution in [-0.4, -0.2) is 19.1 Å². The fourth-order valence-corrected chi connectivity index (χ4v) is 3.94. The summed E-state index contributed by atoms with van der Waals surface area (Å²) in [6.07, 6.45) is 0. The maximum absolute atomic E-state index is 12.8. The molecule has 0 aliphatic heterocycles. The molecule has 2 rings (SSSR count). The Labute approximate surface area is 150 Å². The number of amides is 1. The van der Waals surface area contributed by atoms with Crippen molar-refractivity contribution in [3.05, 3.63) is 51.9 Å². The number of carbonyl (C=O) groups is 1. The first-order valence-electron chi connectivity index (χ1n) is 7.40. The quantitative estimate of drug-likeness (QED) is 0.812. The fraction of sp³-hybridized carbons (Fsp3) is 0.353. The molecular weight excluding hydrogens is 394 g/mol. The summed E-state index contributed by atoms with van der Waals surface area (Å²) in [5.74, 6) is 0.906. The summed E-state index contributed by atoms with van der Waals surface area (Å²) in [5, 5.41) is 2.69. The van der Waals surface area contributed by atoms with Crippen molar-refractivity contribution in [1.82, 2.24) is 5.32 Å². The highest BCUT2D eigenvalue weighted by atomic mass is 79.9. The van der Waals surface area contributed by atoms with Crippen molar-refractivity contribution in [3.8, 4) is 0 Å². The van der Waals surface area contributed by atoms with Crippen molar-refractivity contribution in [2.24, 2.45) is 0 Å². The normalized spacial score (nSPS) is 12.2. The van der Waals surface area contributed by atoms with E-state index in [4.69, 9.17) is 4.42 Å². The zero-order valence-electron chi connectivity index (χ0n) is 14.0. The second-order valence-corrected chi connectivity index (χ2v) is 9.50. The van der Waals surface area contributed by atoms with Crippen LogP contribution in [0, 0.1) is 13.8 Å². The van der Waals surface area contributed by atoms with Gasteiger partial charge in [-0.25, -0.2) is 8.42 Å². The lowest BCUT2D eigenvalue weighted by Gasteiger charge is -2.24. The van der Waals surface area contributed by atoms with Gasteiger partial charge in [-0.2, -0.15) is 0 Å². The molecule has 0 aliphatic carbocycles. The second-order valence-electron chi connectivity index (χ2n) is 6.09. The van der Waals surface area contributed by atoms with Gasteiger partial charge in [0, 0.05) is 16.6 Å². The van der Waals surface area contributed by atoms with Gasteiger partial charge in [0.1, 0.15) is 16.3 Å². The highest BCUT2D eigenvalue weighted by Crippen LogP contribution is 2.27. The first-order valence-corrected chi connectivity index (χ1v) is 9.67. The maximum atomic E-state index is 12.8. The Hall–Kier alpha value is -1.60. The van der Waals surface area contributed by atoms with Crippen LogP contribution >= 0.6 is 15.9 Å². The lowest BCUT2D eigenvalue weighted by atomic mass is 10.2. The lowest BCUT2D eigenvalue weighted by molar-refractivity contribution is -0.123. The first-order chi connectivity index (χ1) is 11.1.